The number of benzene rings is 2. The van der Waals surface area contributed by atoms with Crippen LogP contribution in [-0.2, 0) is 0 Å². The second-order valence-corrected chi connectivity index (χ2v) is 5.09. The highest BCUT2D eigenvalue weighted by atomic mass is 14.9. The highest BCUT2D eigenvalue weighted by Crippen LogP contribution is 2.23. The Labute approximate surface area is 110 Å². The first-order chi connectivity index (χ1) is 8.56. The lowest BCUT2D eigenvalue weighted by molar-refractivity contribution is 0.872. The minimum Gasteiger partial charge on any atom is -0.379 e. The summed E-state index contributed by atoms with van der Waals surface area (Å²) in [5.74, 6) is 0. The Morgan fingerprint density at radius 1 is 0.833 bits per heavy atom. The molecule has 0 bridgehead atoms. The highest BCUT2D eigenvalue weighted by molar-refractivity contribution is 5.47. The van der Waals surface area contributed by atoms with Crippen LogP contribution >= 0.6 is 0 Å². The summed E-state index contributed by atoms with van der Waals surface area (Å²) < 4.78 is 0. The van der Waals surface area contributed by atoms with Crippen molar-refractivity contribution in [1.29, 1.82) is 0 Å². The van der Waals surface area contributed by atoms with Crippen LogP contribution in [0.4, 0.5) is 5.69 Å². The Kier molecular flexibility index (Phi) is 3.71. The molecule has 1 nitrogen and oxygen atoms in total. The molecule has 0 aromatic heterocycles. The van der Waals surface area contributed by atoms with Gasteiger partial charge in [0.2, 0.25) is 0 Å². The van der Waals surface area contributed by atoms with Crippen LogP contribution in [0.3, 0.4) is 0 Å². The SMILES string of the molecule is Cc1ccc(NC(C)c2cc(C)ccc2C)cc1. The molecule has 0 aliphatic rings. The molecular formula is C17H21N. The van der Waals surface area contributed by atoms with Crippen molar-refractivity contribution in [2.24, 2.45) is 0 Å². The van der Waals surface area contributed by atoms with Gasteiger partial charge in [0, 0.05) is 11.7 Å². The lowest BCUT2D eigenvalue weighted by atomic mass is 10.00. The molecule has 0 fully saturated rings. The van der Waals surface area contributed by atoms with Crippen molar-refractivity contribution in [2.75, 3.05) is 5.32 Å². The smallest absolute Gasteiger partial charge is 0.0488 e. The van der Waals surface area contributed by atoms with E-state index in [0.717, 1.165) is 0 Å². The van der Waals surface area contributed by atoms with Crippen LogP contribution in [-0.4, -0.2) is 0 Å². The zero-order valence-electron chi connectivity index (χ0n) is 11.6. The largest absolute Gasteiger partial charge is 0.379 e. The van der Waals surface area contributed by atoms with Crippen molar-refractivity contribution >= 4 is 5.69 Å². The molecule has 1 unspecified atom stereocenters. The molecule has 0 saturated carbocycles. The van der Waals surface area contributed by atoms with Crippen LogP contribution in [0.15, 0.2) is 42.5 Å². The normalized spacial score (nSPS) is 12.2. The van der Waals surface area contributed by atoms with E-state index < -0.39 is 0 Å². The van der Waals surface area contributed by atoms with Gasteiger partial charge in [0.25, 0.3) is 0 Å². The average molecular weight is 239 g/mol. The molecule has 2 aromatic rings. The molecule has 0 aliphatic carbocycles. The van der Waals surface area contributed by atoms with E-state index in [2.05, 4.69) is 75.5 Å². The fourth-order valence-electron chi connectivity index (χ4n) is 2.20. The number of hydrogen-bond donors (Lipinski definition) is 1. The molecular weight excluding hydrogens is 218 g/mol. The van der Waals surface area contributed by atoms with E-state index in [1.807, 2.05) is 0 Å². The number of rotatable bonds is 3. The second kappa shape index (κ2) is 5.26. The Bertz CT molecular complexity index is 526. The van der Waals surface area contributed by atoms with E-state index in [0.29, 0.717) is 6.04 Å². The van der Waals surface area contributed by atoms with Gasteiger partial charge >= 0.3 is 0 Å². The number of aryl methyl sites for hydroxylation is 3. The van der Waals surface area contributed by atoms with Crippen molar-refractivity contribution in [3.63, 3.8) is 0 Å². The lowest BCUT2D eigenvalue weighted by Gasteiger charge is -2.18. The van der Waals surface area contributed by atoms with Crippen LogP contribution in [0.5, 0.6) is 0 Å². The van der Waals surface area contributed by atoms with Gasteiger partial charge in [-0.1, -0.05) is 41.5 Å². The monoisotopic (exact) mass is 239 g/mol. The topological polar surface area (TPSA) is 12.0 Å². The van der Waals surface area contributed by atoms with Gasteiger partial charge in [0.15, 0.2) is 0 Å². The Morgan fingerprint density at radius 2 is 1.44 bits per heavy atom. The number of hydrogen-bond acceptors (Lipinski definition) is 1. The molecule has 1 heteroatoms. The van der Waals surface area contributed by atoms with Crippen molar-refractivity contribution in [3.8, 4) is 0 Å². The molecule has 18 heavy (non-hydrogen) atoms. The molecule has 0 heterocycles. The maximum Gasteiger partial charge on any atom is 0.0488 e. The van der Waals surface area contributed by atoms with Crippen molar-refractivity contribution in [1.82, 2.24) is 0 Å². The summed E-state index contributed by atoms with van der Waals surface area (Å²) in [5, 5.41) is 3.55. The molecule has 1 N–H and O–H groups in total. The van der Waals surface area contributed by atoms with E-state index in [-0.39, 0.29) is 0 Å². The third-order valence-electron chi connectivity index (χ3n) is 3.34. The average Bonchev–Trinajstić information content (AvgIpc) is 2.35. The zero-order chi connectivity index (χ0) is 13.1. The van der Waals surface area contributed by atoms with Gasteiger partial charge in [-0.25, -0.2) is 0 Å². The van der Waals surface area contributed by atoms with E-state index in [9.17, 15) is 0 Å². The summed E-state index contributed by atoms with van der Waals surface area (Å²) >= 11 is 0. The van der Waals surface area contributed by atoms with Crippen LogP contribution in [0, 0.1) is 20.8 Å². The van der Waals surface area contributed by atoms with Crippen molar-refractivity contribution in [2.45, 2.75) is 33.7 Å². The second-order valence-electron chi connectivity index (χ2n) is 5.09. The van der Waals surface area contributed by atoms with Gasteiger partial charge in [-0.2, -0.15) is 0 Å². The van der Waals surface area contributed by atoms with E-state index in [1.54, 1.807) is 0 Å². The van der Waals surface area contributed by atoms with Crippen LogP contribution < -0.4 is 5.32 Å². The number of anilines is 1. The first kappa shape index (κ1) is 12.7. The highest BCUT2D eigenvalue weighted by Gasteiger charge is 2.08. The Morgan fingerprint density at radius 3 is 2.11 bits per heavy atom. The molecule has 2 rings (SSSR count). The Hall–Kier alpha value is -1.76. The molecule has 0 saturated heterocycles. The van der Waals surface area contributed by atoms with Gasteiger partial charge in [0.05, 0.1) is 0 Å². The van der Waals surface area contributed by atoms with Gasteiger partial charge < -0.3 is 5.32 Å². The van der Waals surface area contributed by atoms with Gasteiger partial charge in [-0.05, 0) is 51.0 Å². The molecule has 0 radical (unpaired) electrons. The molecule has 0 amide bonds. The lowest BCUT2D eigenvalue weighted by Crippen LogP contribution is -2.08. The van der Waals surface area contributed by atoms with Gasteiger partial charge in [0.1, 0.15) is 0 Å². The minimum absolute atomic E-state index is 0.326. The van der Waals surface area contributed by atoms with Crippen molar-refractivity contribution < 1.29 is 0 Å². The Balaban J connectivity index is 2.18. The van der Waals surface area contributed by atoms with Crippen LogP contribution in [0.25, 0.3) is 0 Å². The maximum absolute atomic E-state index is 3.55. The predicted molar refractivity (Wildman–Crippen MR) is 79.1 cm³/mol. The quantitative estimate of drug-likeness (QED) is 0.812. The maximum atomic E-state index is 3.55. The van der Waals surface area contributed by atoms with Crippen LogP contribution in [0.1, 0.15) is 35.2 Å². The minimum atomic E-state index is 0.326. The van der Waals surface area contributed by atoms with Crippen molar-refractivity contribution in [3.05, 3.63) is 64.7 Å². The first-order valence-corrected chi connectivity index (χ1v) is 6.46. The molecule has 1 atom stereocenters. The summed E-state index contributed by atoms with van der Waals surface area (Å²) in [4.78, 5) is 0. The summed E-state index contributed by atoms with van der Waals surface area (Å²) in [6, 6.07) is 15.5. The molecule has 0 aliphatic heterocycles. The van der Waals surface area contributed by atoms with E-state index in [1.165, 1.54) is 27.9 Å². The standard InChI is InChI=1S/C17H21N/c1-12-6-9-16(10-7-12)18-15(4)17-11-13(2)5-8-14(17)3/h5-11,15,18H,1-4H3. The summed E-state index contributed by atoms with van der Waals surface area (Å²) in [5.41, 5.74) is 6.49. The van der Waals surface area contributed by atoms with E-state index >= 15 is 0 Å². The van der Waals surface area contributed by atoms with E-state index in [4.69, 9.17) is 0 Å². The fourth-order valence-corrected chi connectivity index (χ4v) is 2.20. The third-order valence-corrected chi connectivity index (χ3v) is 3.34. The van der Waals surface area contributed by atoms with Gasteiger partial charge in [-0.15, -0.1) is 0 Å². The fraction of sp³-hybridized carbons (Fsp3) is 0.294. The molecule has 2 aromatic carbocycles. The van der Waals surface area contributed by atoms with Crippen LogP contribution in [0.2, 0.25) is 0 Å². The molecule has 0 spiro atoms. The summed E-state index contributed by atoms with van der Waals surface area (Å²) in [6.45, 7) is 8.63. The summed E-state index contributed by atoms with van der Waals surface area (Å²) in [7, 11) is 0. The summed E-state index contributed by atoms with van der Waals surface area (Å²) in [6.07, 6.45) is 0. The number of nitrogens with one attached hydrogen (secondary N) is 1. The zero-order valence-corrected chi connectivity index (χ0v) is 11.6. The first-order valence-electron chi connectivity index (χ1n) is 6.46. The molecule has 94 valence electrons. The third kappa shape index (κ3) is 2.92. The van der Waals surface area contributed by atoms with Gasteiger partial charge in [-0.3, -0.25) is 0 Å². The predicted octanol–water partition coefficient (Wildman–Crippen LogP) is 4.78.